The molecule has 0 amide bonds. The van der Waals surface area contributed by atoms with E-state index >= 15 is 0 Å². The van der Waals surface area contributed by atoms with Crippen molar-refractivity contribution in [1.82, 2.24) is 10.6 Å². The van der Waals surface area contributed by atoms with Gasteiger partial charge in [-0.3, -0.25) is 0 Å². The Kier molecular flexibility index (Phi) is 11.6. The number of aliphatic imine (C=N–C) groups is 1. The molecule has 2 N–H and O–H groups in total. The van der Waals surface area contributed by atoms with E-state index in [2.05, 4.69) is 15.6 Å². The summed E-state index contributed by atoms with van der Waals surface area (Å²) in [6.45, 7) is 5.31. The molecule has 1 rings (SSSR count). The number of benzene rings is 1. The Hall–Kier alpha value is -1.23. The maximum absolute atomic E-state index is 11.2. The Labute approximate surface area is 167 Å². The van der Waals surface area contributed by atoms with Gasteiger partial charge in [0.1, 0.15) is 27.4 Å². The van der Waals surface area contributed by atoms with Crippen LogP contribution in [0.5, 0.6) is 11.5 Å². The molecule has 0 spiro atoms. The van der Waals surface area contributed by atoms with Gasteiger partial charge >= 0.3 is 0 Å². The van der Waals surface area contributed by atoms with Gasteiger partial charge < -0.3 is 20.1 Å². The number of methoxy groups -OCH3 is 1. The van der Waals surface area contributed by atoms with Gasteiger partial charge in [0.2, 0.25) is 0 Å². The van der Waals surface area contributed by atoms with Gasteiger partial charge in [0.05, 0.1) is 19.4 Å². The van der Waals surface area contributed by atoms with Crippen LogP contribution in [0, 0.1) is 0 Å². The number of nitrogens with one attached hydrogen (secondary N) is 2. The molecule has 0 bridgehead atoms. The van der Waals surface area contributed by atoms with Gasteiger partial charge in [0.25, 0.3) is 0 Å². The molecule has 0 aliphatic rings. The fourth-order valence-corrected chi connectivity index (χ4v) is 2.33. The molecule has 0 radical (unpaired) electrons. The van der Waals surface area contributed by atoms with Crippen LogP contribution in [0.2, 0.25) is 0 Å². The van der Waals surface area contributed by atoms with Crippen LogP contribution >= 0.6 is 24.0 Å². The molecule has 1 aromatic carbocycles. The van der Waals surface area contributed by atoms with Gasteiger partial charge in [0, 0.05) is 25.4 Å². The fraction of sp³-hybridized carbons (Fsp3) is 0.562. The van der Waals surface area contributed by atoms with E-state index in [0.717, 1.165) is 5.75 Å². The van der Waals surface area contributed by atoms with Crippen molar-refractivity contribution in [3.05, 3.63) is 24.3 Å². The summed E-state index contributed by atoms with van der Waals surface area (Å²) in [5.41, 5.74) is 0. The quantitative estimate of drug-likeness (QED) is 0.315. The number of hydrogen-bond acceptors (Lipinski definition) is 5. The van der Waals surface area contributed by atoms with E-state index in [1.807, 2.05) is 38.1 Å². The normalized spacial score (nSPS) is 12.7. The maximum Gasteiger partial charge on any atom is 0.191 e. The number of sulfone groups is 1. The number of rotatable bonds is 9. The second-order valence-corrected chi connectivity index (χ2v) is 7.64. The molecule has 1 atom stereocenters. The van der Waals surface area contributed by atoms with Crippen molar-refractivity contribution in [3.63, 3.8) is 0 Å². The molecule has 9 heteroatoms. The smallest absolute Gasteiger partial charge is 0.191 e. The van der Waals surface area contributed by atoms with Crippen molar-refractivity contribution >= 4 is 39.8 Å². The number of ether oxygens (including phenoxy) is 2. The van der Waals surface area contributed by atoms with Gasteiger partial charge in [0.15, 0.2) is 5.96 Å². The number of hydrogen-bond donors (Lipinski definition) is 2. The molecular formula is C16H28IN3O4S. The van der Waals surface area contributed by atoms with E-state index in [0.29, 0.717) is 31.3 Å². The topological polar surface area (TPSA) is 89.0 Å². The van der Waals surface area contributed by atoms with E-state index in [9.17, 15) is 8.42 Å². The monoisotopic (exact) mass is 485 g/mol. The van der Waals surface area contributed by atoms with Crippen LogP contribution in [0.4, 0.5) is 0 Å². The maximum atomic E-state index is 11.2. The fourth-order valence-electron chi connectivity index (χ4n) is 1.86. The van der Waals surface area contributed by atoms with Gasteiger partial charge in [-0.1, -0.05) is 6.07 Å². The molecule has 0 fully saturated rings. The number of guanidine groups is 1. The standard InChI is InChI=1S/C16H27N3O4S.HI/c1-5-17-16(18-9-10-24(4,20)21)19-12-13(2)23-15-8-6-7-14(11-15)22-3;/h6-8,11,13H,5,9-10,12H2,1-4H3,(H2,17,18,19);1H. The summed E-state index contributed by atoms with van der Waals surface area (Å²) in [6.07, 6.45) is 1.07. The minimum Gasteiger partial charge on any atom is -0.497 e. The van der Waals surface area contributed by atoms with Gasteiger partial charge in [-0.05, 0) is 26.0 Å². The van der Waals surface area contributed by atoms with Crippen molar-refractivity contribution in [2.75, 3.05) is 38.8 Å². The molecule has 0 saturated heterocycles. The minimum atomic E-state index is -3.00. The lowest BCUT2D eigenvalue weighted by atomic mass is 10.3. The lowest BCUT2D eigenvalue weighted by Gasteiger charge is -2.15. The van der Waals surface area contributed by atoms with E-state index in [1.165, 1.54) is 6.26 Å². The number of nitrogens with zero attached hydrogens (tertiary/aromatic N) is 1. The van der Waals surface area contributed by atoms with Crippen molar-refractivity contribution in [2.24, 2.45) is 4.99 Å². The Morgan fingerprint density at radius 3 is 2.56 bits per heavy atom. The van der Waals surface area contributed by atoms with Crippen LogP contribution < -0.4 is 20.1 Å². The van der Waals surface area contributed by atoms with Crippen LogP contribution in [0.15, 0.2) is 29.3 Å². The highest BCUT2D eigenvalue weighted by Gasteiger charge is 2.07. The van der Waals surface area contributed by atoms with Crippen LogP contribution in [-0.4, -0.2) is 59.2 Å². The summed E-state index contributed by atoms with van der Waals surface area (Å²) in [4.78, 5) is 4.42. The molecule has 7 nitrogen and oxygen atoms in total. The lowest BCUT2D eigenvalue weighted by Crippen LogP contribution is -2.40. The van der Waals surface area contributed by atoms with Gasteiger partial charge in [-0.15, -0.1) is 24.0 Å². The summed E-state index contributed by atoms with van der Waals surface area (Å²) in [6, 6.07) is 7.39. The predicted octanol–water partition coefficient (Wildman–Crippen LogP) is 1.68. The van der Waals surface area contributed by atoms with Gasteiger partial charge in [-0.2, -0.15) is 0 Å². The summed E-state index contributed by atoms with van der Waals surface area (Å²) < 4.78 is 33.3. The predicted molar refractivity (Wildman–Crippen MR) is 112 cm³/mol. The zero-order chi connectivity index (χ0) is 18.0. The first-order valence-electron chi connectivity index (χ1n) is 7.84. The summed E-state index contributed by atoms with van der Waals surface area (Å²) in [7, 11) is -1.39. The highest BCUT2D eigenvalue weighted by atomic mass is 127. The van der Waals surface area contributed by atoms with E-state index in [4.69, 9.17) is 9.47 Å². The van der Waals surface area contributed by atoms with E-state index in [1.54, 1.807) is 7.11 Å². The molecule has 1 aromatic rings. The summed E-state index contributed by atoms with van der Waals surface area (Å²) in [5.74, 6) is 2.08. The van der Waals surface area contributed by atoms with Crippen molar-refractivity contribution in [3.8, 4) is 11.5 Å². The van der Waals surface area contributed by atoms with Crippen LogP contribution in [0.1, 0.15) is 13.8 Å². The van der Waals surface area contributed by atoms with Crippen molar-refractivity contribution < 1.29 is 17.9 Å². The molecule has 0 heterocycles. The Balaban J connectivity index is 0.00000576. The highest BCUT2D eigenvalue weighted by molar-refractivity contribution is 14.0. The Bertz CT molecular complexity index is 638. The molecule has 0 aliphatic heterocycles. The largest absolute Gasteiger partial charge is 0.497 e. The van der Waals surface area contributed by atoms with Crippen LogP contribution in [0.3, 0.4) is 0 Å². The Morgan fingerprint density at radius 2 is 1.96 bits per heavy atom. The van der Waals surface area contributed by atoms with Crippen LogP contribution in [-0.2, 0) is 9.84 Å². The zero-order valence-corrected chi connectivity index (χ0v) is 18.3. The average molecular weight is 485 g/mol. The molecule has 25 heavy (non-hydrogen) atoms. The SMILES string of the molecule is CCNC(=NCC(C)Oc1cccc(OC)c1)NCCS(C)(=O)=O.I. The number of halogens is 1. The third-order valence-electron chi connectivity index (χ3n) is 2.99. The molecule has 144 valence electrons. The second kappa shape index (κ2) is 12.2. The first-order chi connectivity index (χ1) is 11.3. The van der Waals surface area contributed by atoms with Crippen LogP contribution in [0.25, 0.3) is 0 Å². The first-order valence-corrected chi connectivity index (χ1v) is 9.90. The van der Waals surface area contributed by atoms with Gasteiger partial charge in [-0.25, -0.2) is 13.4 Å². The summed E-state index contributed by atoms with van der Waals surface area (Å²) in [5, 5.41) is 6.07. The van der Waals surface area contributed by atoms with Crippen molar-refractivity contribution in [2.45, 2.75) is 20.0 Å². The Morgan fingerprint density at radius 1 is 1.28 bits per heavy atom. The molecule has 1 unspecified atom stereocenters. The molecule has 0 saturated carbocycles. The lowest BCUT2D eigenvalue weighted by molar-refractivity contribution is 0.229. The molecule has 0 aliphatic carbocycles. The third kappa shape index (κ3) is 11.1. The second-order valence-electron chi connectivity index (χ2n) is 5.38. The van der Waals surface area contributed by atoms with Crippen molar-refractivity contribution in [1.29, 1.82) is 0 Å². The first kappa shape index (κ1) is 23.8. The molecular weight excluding hydrogens is 457 g/mol. The highest BCUT2D eigenvalue weighted by Crippen LogP contribution is 2.19. The summed E-state index contributed by atoms with van der Waals surface area (Å²) >= 11 is 0. The average Bonchev–Trinajstić information content (AvgIpc) is 2.51. The van der Waals surface area contributed by atoms with E-state index in [-0.39, 0.29) is 35.8 Å². The third-order valence-corrected chi connectivity index (χ3v) is 3.94. The zero-order valence-electron chi connectivity index (χ0n) is 15.1. The minimum absolute atomic E-state index is 0. The molecule has 0 aromatic heterocycles. The van der Waals surface area contributed by atoms with E-state index < -0.39 is 9.84 Å².